The second-order valence-corrected chi connectivity index (χ2v) is 7.67. The molecule has 0 aromatic heterocycles. The summed E-state index contributed by atoms with van der Waals surface area (Å²) in [7, 11) is 1.71. The van der Waals surface area contributed by atoms with Crippen LogP contribution in [0.5, 0.6) is 0 Å². The Bertz CT molecular complexity index is 683. The maximum absolute atomic E-state index is 11.8. The Hall–Kier alpha value is -1.84. The van der Waals surface area contributed by atoms with Gasteiger partial charge in [-0.2, -0.15) is 0 Å². The maximum atomic E-state index is 11.8. The van der Waals surface area contributed by atoms with E-state index in [9.17, 15) is 9.59 Å². The molecule has 0 unspecified atom stereocenters. The number of halogens is 1. The van der Waals surface area contributed by atoms with Crippen LogP contribution in [0.3, 0.4) is 0 Å². The second-order valence-electron chi connectivity index (χ2n) is 7.67. The number of aliphatic imine (C=N–C) groups is 1. The van der Waals surface area contributed by atoms with Crippen LogP contribution in [0.25, 0.3) is 0 Å². The monoisotopic (exact) mass is 501 g/mol. The first kappa shape index (κ1) is 24.2. The topological polar surface area (TPSA) is 85.8 Å². The maximum Gasteiger partial charge on any atom is 0.227 e. The van der Waals surface area contributed by atoms with E-state index in [1.54, 1.807) is 7.05 Å². The fourth-order valence-corrected chi connectivity index (χ4v) is 2.74. The predicted molar refractivity (Wildman–Crippen MR) is 124 cm³/mol. The lowest BCUT2D eigenvalue weighted by atomic mass is 9.96. The number of amides is 2. The average Bonchev–Trinajstić information content (AvgIpc) is 3.06. The summed E-state index contributed by atoms with van der Waals surface area (Å²) in [5.41, 5.74) is 1.68. The number of hydrogen-bond donors (Lipinski definition) is 3. The molecule has 0 aliphatic carbocycles. The minimum Gasteiger partial charge on any atom is -0.355 e. The summed E-state index contributed by atoms with van der Waals surface area (Å²) in [6.45, 7) is 8.23. The number of hydrogen-bond acceptors (Lipinski definition) is 3. The van der Waals surface area contributed by atoms with E-state index < -0.39 is 0 Å². The van der Waals surface area contributed by atoms with Gasteiger partial charge in [-0.15, -0.1) is 24.0 Å². The van der Waals surface area contributed by atoms with Crippen molar-refractivity contribution in [2.75, 3.05) is 31.6 Å². The second kappa shape index (κ2) is 11.2. The zero-order chi connectivity index (χ0) is 19.9. The van der Waals surface area contributed by atoms with Crippen molar-refractivity contribution >= 4 is 47.4 Å². The standard InChI is InChI=1S/C20H31N5O2.HI/c1-20(2,3)18(27)22-11-12-23-19(21-4)24-14-15-7-9-16(10-8-15)25-13-5-6-17(25)26;/h7-10H,5-6,11-14H2,1-4H3,(H,22,27)(H2,21,23,24);1H. The highest BCUT2D eigenvalue weighted by Gasteiger charge is 2.21. The average molecular weight is 501 g/mol. The molecule has 1 aromatic rings. The van der Waals surface area contributed by atoms with Gasteiger partial charge in [0, 0.05) is 50.7 Å². The van der Waals surface area contributed by atoms with Crippen LogP contribution >= 0.6 is 24.0 Å². The third kappa shape index (κ3) is 7.29. The molecular weight excluding hydrogens is 469 g/mol. The first-order valence-electron chi connectivity index (χ1n) is 9.43. The lowest BCUT2D eigenvalue weighted by Gasteiger charge is -2.18. The number of rotatable bonds is 6. The normalized spacial score (nSPS) is 14.5. The molecule has 0 bridgehead atoms. The summed E-state index contributed by atoms with van der Waals surface area (Å²) in [4.78, 5) is 29.6. The van der Waals surface area contributed by atoms with Gasteiger partial charge >= 0.3 is 0 Å². The number of carbonyl (C=O) groups is 2. The molecule has 2 amide bonds. The number of nitrogens with one attached hydrogen (secondary N) is 3. The molecule has 2 rings (SSSR count). The quantitative estimate of drug-likeness (QED) is 0.242. The SMILES string of the molecule is CN=C(NCCNC(=O)C(C)(C)C)NCc1ccc(N2CCCC2=O)cc1.I. The Morgan fingerprint density at radius 1 is 1.11 bits per heavy atom. The Kier molecular flexibility index (Phi) is 9.71. The molecule has 1 heterocycles. The molecule has 0 radical (unpaired) electrons. The van der Waals surface area contributed by atoms with Crippen LogP contribution in [-0.4, -0.2) is 44.5 Å². The third-order valence-corrected chi connectivity index (χ3v) is 4.39. The van der Waals surface area contributed by atoms with E-state index in [0.717, 1.165) is 24.2 Å². The Morgan fingerprint density at radius 2 is 1.75 bits per heavy atom. The molecule has 0 atom stereocenters. The van der Waals surface area contributed by atoms with E-state index in [-0.39, 0.29) is 41.2 Å². The van der Waals surface area contributed by atoms with Crippen molar-refractivity contribution in [1.82, 2.24) is 16.0 Å². The lowest BCUT2D eigenvalue weighted by molar-refractivity contribution is -0.128. The van der Waals surface area contributed by atoms with E-state index >= 15 is 0 Å². The summed E-state index contributed by atoms with van der Waals surface area (Å²) >= 11 is 0. The highest BCUT2D eigenvalue weighted by atomic mass is 127. The van der Waals surface area contributed by atoms with Crippen LogP contribution in [0.2, 0.25) is 0 Å². The molecule has 8 heteroatoms. The van der Waals surface area contributed by atoms with Gasteiger partial charge in [-0.1, -0.05) is 32.9 Å². The van der Waals surface area contributed by atoms with Crippen LogP contribution in [0.1, 0.15) is 39.2 Å². The van der Waals surface area contributed by atoms with Crippen LogP contribution in [0.15, 0.2) is 29.3 Å². The molecule has 1 aliphatic heterocycles. The number of benzene rings is 1. The van der Waals surface area contributed by atoms with Crippen molar-refractivity contribution in [2.45, 2.75) is 40.2 Å². The van der Waals surface area contributed by atoms with Crippen molar-refractivity contribution in [3.8, 4) is 0 Å². The van der Waals surface area contributed by atoms with Crippen molar-refractivity contribution in [2.24, 2.45) is 10.4 Å². The Balaban J connectivity index is 0.00000392. The molecular formula is C20H32IN5O2. The fourth-order valence-electron chi connectivity index (χ4n) is 2.74. The highest BCUT2D eigenvalue weighted by Crippen LogP contribution is 2.21. The minimum atomic E-state index is -0.383. The molecule has 1 saturated heterocycles. The van der Waals surface area contributed by atoms with E-state index in [1.165, 1.54) is 0 Å². The molecule has 156 valence electrons. The number of guanidine groups is 1. The van der Waals surface area contributed by atoms with Crippen LogP contribution in [0, 0.1) is 5.41 Å². The number of anilines is 1. The van der Waals surface area contributed by atoms with Crippen molar-refractivity contribution in [1.29, 1.82) is 0 Å². The third-order valence-electron chi connectivity index (χ3n) is 4.39. The molecule has 1 aromatic carbocycles. The van der Waals surface area contributed by atoms with Crippen molar-refractivity contribution < 1.29 is 9.59 Å². The largest absolute Gasteiger partial charge is 0.355 e. The zero-order valence-corrected chi connectivity index (χ0v) is 19.5. The van der Waals surface area contributed by atoms with Crippen molar-refractivity contribution in [3.05, 3.63) is 29.8 Å². The fraction of sp³-hybridized carbons (Fsp3) is 0.550. The van der Waals surface area contributed by atoms with Gasteiger partial charge in [0.2, 0.25) is 11.8 Å². The van der Waals surface area contributed by atoms with Gasteiger partial charge in [-0.05, 0) is 24.1 Å². The van der Waals surface area contributed by atoms with E-state index in [1.807, 2.05) is 49.9 Å². The molecule has 0 spiro atoms. The van der Waals surface area contributed by atoms with E-state index in [4.69, 9.17) is 0 Å². The Labute approximate surface area is 184 Å². The van der Waals surface area contributed by atoms with E-state index in [0.29, 0.717) is 32.0 Å². The van der Waals surface area contributed by atoms with E-state index in [2.05, 4.69) is 20.9 Å². The minimum absolute atomic E-state index is 0. The Morgan fingerprint density at radius 3 is 2.29 bits per heavy atom. The first-order chi connectivity index (χ1) is 12.8. The first-order valence-corrected chi connectivity index (χ1v) is 9.43. The van der Waals surface area contributed by atoms with Gasteiger partial charge in [0.1, 0.15) is 0 Å². The van der Waals surface area contributed by atoms with Crippen LogP contribution in [-0.2, 0) is 16.1 Å². The number of carbonyl (C=O) groups excluding carboxylic acids is 2. The van der Waals surface area contributed by atoms with Gasteiger partial charge in [0.25, 0.3) is 0 Å². The molecule has 28 heavy (non-hydrogen) atoms. The lowest BCUT2D eigenvalue weighted by Crippen LogP contribution is -2.43. The van der Waals surface area contributed by atoms with Gasteiger partial charge in [-0.25, -0.2) is 0 Å². The molecule has 0 saturated carbocycles. The summed E-state index contributed by atoms with van der Waals surface area (Å²) < 4.78 is 0. The molecule has 1 aliphatic rings. The van der Waals surface area contributed by atoms with Gasteiger partial charge in [0.15, 0.2) is 5.96 Å². The van der Waals surface area contributed by atoms with Gasteiger partial charge in [-0.3, -0.25) is 14.6 Å². The molecule has 1 fully saturated rings. The molecule has 3 N–H and O–H groups in total. The summed E-state index contributed by atoms with van der Waals surface area (Å²) in [5.74, 6) is 0.909. The highest BCUT2D eigenvalue weighted by molar-refractivity contribution is 14.0. The van der Waals surface area contributed by atoms with Crippen molar-refractivity contribution in [3.63, 3.8) is 0 Å². The predicted octanol–water partition coefficient (Wildman–Crippen LogP) is 2.26. The summed E-state index contributed by atoms with van der Waals surface area (Å²) in [6, 6.07) is 8.01. The number of nitrogens with zero attached hydrogens (tertiary/aromatic N) is 2. The van der Waals surface area contributed by atoms with Gasteiger partial charge < -0.3 is 20.9 Å². The van der Waals surface area contributed by atoms with Crippen LogP contribution < -0.4 is 20.9 Å². The van der Waals surface area contributed by atoms with Gasteiger partial charge in [0.05, 0.1) is 0 Å². The zero-order valence-electron chi connectivity index (χ0n) is 17.2. The molecule has 7 nitrogen and oxygen atoms in total. The summed E-state index contributed by atoms with van der Waals surface area (Å²) in [6.07, 6.45) is 1.57. The summed E-state index contributed by atoms with van der Waals surface area (Å²) in [5, 5.41) is 9.32. The van der Waals surface area contributed by atoms with Crippen LogP contribution in [0.4, 0.5) is 5.69 Å². The smallest absolute Gasteiger partial charge is 0.227 e.